The maximum Gasteiger partial charge on any atom is 0.406 e. The molecule has 1 aromatic rings. The first-order valence-corrected chi connectivity index (χ1v) is 7.90. The van der Waals surface area contributed by atoms with Gasteiger partial charge in [0.05, 0.1) is 5.56 Å². The quantitative estimate of drug-likeness (QED) is 0.787. The maximum atomic E-state index is 12.1. The van der Waals surface area contributed by atoms with Crippen molar-refractivity contribution in [3.05, 3.63) is 35.9 Å². The van der Waals surface area contributed by atoms with E-state index in [4.69, 9.17) is 29.4 Å². The summed E-state index contributed by atoms with van der Waals surface area (Å²) in [5.74, 6) is -1.65. The molecule has 9 heteroatoms. The highest BCUT2D eigenvalue weighted by atomic mass is 16.8. The van der Waals surface area contributed by atoms with Crippen molar-refractivity contribution in [1.82, 2.24) is 0 Å². The van der Waals surface area contributed by atoms with Crippen LogP contribution in [0.15, 0.2) is 30.3 Å². The number of nitrogens with two attached hydrogens (primary N) is 1. The summed E-state index contributed by atoms with van der Waals surface area (Å²) in [4.78, 5) is 23.5. The molecule has 9 nitrogen and oxygen atoms in total. The number of amides is 1. The molecule has 0 aliphatic carbocycles. The molecule has 2 N–H and O–H groups in total. The van der Waals surface area contributed by atoms with Gasteiger partial charge in [-0.25, -0.2) is 9.59 Å². The molecule has 2 heterocycles. The molecule has 26 heavy (non-hydrogen) atoms. The molecule has 4 atom stereocenters. The first kappa shape index (κ1) is 18.1. The van der Waals surface area contributed by atoms with E-state index in [1.54, 1.807) is 44.2 Å². The van der Waals surface area contributed by atoms with E-state index in [1.807, 2.05) is 6.07 Å². The van der Waals surface area contributed by atoms with Gasteiger partial charge < -0.3 is 29.4 Å². The molecule has 3 rings (SSSR count). The normalized spacial score (nSPS) is 31.7. The molecule has 2 fully saturated rings. The number of fused-ring (bicyclic) bond motifs is 1. The fraction of sp³-hybridized carbons (Fsp3) is 0.471. The van der Waals surface area contributed by atoms with Gasteiger partial charge in [0.25, 0.3) is 5.60 Å². The lowest BCUT2D eigenvalue weighted by molar-refractivity contribution is -0.225. The van der Waals surface area contributed by atoms with Crippen molar-refractivity contribution in [1.29, 1.82) is 5.26 Å². The fourth-order valence-electron chi connectivity index (χ4n) is 2.99. The Morgan fingerprint density at radius 2 is 1.96 bits per heavy atom. The van der Waals surface area contributed by atoms with Crippen molar-refractivity contribution in [2.24, 2.45) is 5.73 Å². The van der Waals surface area contributed by atoms with E-state index in [9.17, 15) is 14.9 Å². The summed E-state index contributed by atoms with van der Waals surface area (Å²) < 4.78 is 27.1. The van der Waals surface area contributed by atoms with E-state index in [0.29, 0.717) is 5.56 Å². The second-order valence-corrected chi connectivity index (χ2v) is 6.34. The molecular weight excluding hydrogens is 344 g/mol. The van der Waals surface area contributed by atoms with Crippen LogP contribution in [0.4, 0.5) is 4.79 Å². The Bertz CT molecular complexity index is 745. The van der Waals surface area contributed by atoms with Crippen LogP contribution < -0.4 is 5.73 Å². The van der Waals surface area contributed by atoms with Crippen molar-refractivity contribution < 1.29 is 33.3 Å². The standard InChI is InChI=1S/C17H18N2O7/c1-16(2)24-12-14(25-16)23-11(17(12,9-18)26-15(19)21)8-22-13(20)10-6-4-3-5-7-10/h3-7,11-12,14H,8H2,1-2H3,(H2,19,21)/t11-,12+,14-,17-/m1/s1. The topological polar surface area (TPSA) is 130 Å². The summed E-state index contributed by atoms with van der Waals surface area (Å²) in [5, 5.41) is 9.70. The zero-order valence-electron chi connectivity index (χ0n) is 14.2. The average Bonchev–Trinajstić information content (AvgIpc) is 3.04. The van der Waals surface area contributed by atoms with Crippen molar-refractivity contribution >= 4 is 12.1 Å². The highest BCUT2D eigenvalue weighted by molar-refractivity contribution is 5.89. The number of carbonyl (C=O) groups excluding carboxylic acids is 2. The molecular formula is C17H18N2O7. The molecule has 138 valence electrons. The van der Waals surface area contributed by atoms with Gasteiger partial charge in [-0.2, -0.15) is 5.26 Å². The van der Waals surface area contributed by atoms with Gasteiger partial charge in [0.15, 0.2) is 24.3 Å². The number of nitriles is 1. The molecule has 0 unspecified atom stereocenters. The van der Waals surface area contributed by atoms with Crippen LogP contribution in [0.5, 0.6) is 0 Å². The minimum atomic E-state index is -1.90. The van der Waals surface area contributed by atoms with Crippen LogP contribution in [0.1, 0.15) is 24.2 Å². The number of ether oxygens (including phenoxy) is 5. The summed E-state index contributed by atoms with van der Waals surface area (Å²) in [7, 11) is 0. The molecule has 0 saturated carbocycles. The van der Waals surface area contributed by atoms with Crippen LogP contribution in [-0.2, 0) is 23.7 Å². The molecule has 2 aliphatic rings. The molecule has 1 aromatic carbocycles. The first-order chi connectivity index (χ1) is 12.3. The number of carbonyl (C=O) groups is 2. The van der Waals surface area contributed by atoms with Gasteiger partial charge in [0, 0.05) is 0 Å². The van der Waals surface area contributed by atoms with Crippen molar-refractivity contribution in [2.75, 3.05) is 6.61 Å². The molecule has 2 aliphatic heterocycles. The SMILES string of the molecule is CC1(C)O[C@H]2O[C@H](COC(=O)c3ccccc3)[C@@](C#N)(OC(N)=O)[C@H]2O1. The third kappa shape index (κ3) is 3.22. The Hall–Kier alpha value is -2.67. The Morgan fingerprint density at radius 1 is 1.27 bits per heavy atom. The van der Waals surface area contributed by atoms with Gasteiger partial charge in [-0.15, -0.1) is 0 Å². The van der Waals surface area contributed by atoms with E-state index in [2.05, 4.69) is 0 Å². The van der Waals surface area contributed by atoms with E-state index in [0.717, 1.165) is 0 Å². The molecule has 1 amide bonds. The van der Waals surface area contributed by atoms with Gasteiger partial charge in [-0.05, 0) is 26.0 Å². The molecule has 0 bridgehead atoms. The maximum absolute atomic E-state index is 12.1. The van der Waals surface area contributed by atoms with Crippen LogP contribution >= 0.6 is 0 Å². The highest BCUT2D eigenvalue weighted by Gasteiger charge is 2.67. The lowest BCUT2D eigenvalue weighted by atomic mass is 9.94. The Balaban J connectivity index is 1.78. The summed E-state index contributed by atoms with van der Waals surface area (Å²) in [6, 6.07) is 10.2. The van der Waals surface area contributed by atoms with Crippen LogP contribution in [-0.4, -0.2) is 48.6 Å². The van der Waals surface area contributed by atoms with Gasteiger partial charge in [-0.1, -0.05) is 18.2 Å². The zero-order chi connectivity index (χ0) is 18.9. The molecule has 0 aromatic heterocycles. The third-order valence-corrected chi connectivity index (χ3v) is 4.08. The van der Waals surface area contributed by atoms with Crippen LogP contribution in [0, 0.1) is 11.3 Å². The average molecular weight is 362 g/mol. The minimum absolute atomic E-state index is 0.331. The summed E-state index contributed by atoms with van der Waals surface area (Å²) >= 11 is 0. The monoisotopic (exact) mass is 362 g/mol. The predicted molar refractivity (Wildman–Crippen MR) is 84.4 cm³/mol. The summed E-state index contributed by atoms with van der Waals surface area (Å²) in [5.41, 5.74) is 3.55. The van der Waals surface area contributed by atoms with Crippen LogP contribution in [0.3, 0.4) is 0 Å². The van der Waals surface area contributed by atoms with E-state index < -0.39 is 41.9 Å². The van der Waals surface area contributed by atoms with E-state index >= 15 is 0 Å². The van der Waals surface area contributed by atoms with Crippen LogP contribution in [0.2, 0.25) is 0 Å². The van der Waals surface area contributed by atoms with Gasteiger partial charge in [0.1, 0.15) is 12.7 Å². The Labute approximate surface area is 149 Å². The smallest absolute Gasteiger partial charge is 0.406 e. The Kier molecular flexibility index (Phi) is 4.58. The largest absolute Gasteiger partial charge is 0.459 e. The zero-order valence-corrected chi connectivity index (χ0v) is 14.2. The minimum Gasteiger partial charge on any atom is -0.459 e. The second kappa shape index (κ2) is 6.57. The van der Waals surface area contributed by atoms with E-state index in [-0.39, 0.29) is 6.61 Å². The van der Waals surface area contributed by atoms with Gasteiger partial charge in [0.2, 0.25) is 0 Å². The van der Waals surface area contributed by atoms with Crippen LogP contribution in [0.25, 0.3) is 0 Å². The molecule has 0 radical (unpaired) electrons. The number of hydrogen-bond donors (Lipinski definition) is 1. The second-order valence-electron chi connectivity index (χ2n) is 6.34. The van der Waals surface area contributed by atoms with Gasteiger partial charge in [-0.3, -0.25) is 0 Å². The number of hydrogen-bond acceptors (Lipinski definition) is 8. The number of nitrogens with zero attached hydrogens (tertiary/aromatic N) is 1. The Morgan fingerprint density at radius 3 is 2.58 bits per heavy atom. The predicted octanol–water partition coefficient (Wildman–Crippen LogP) is 1.08. The highest BCUT2D eigenvalue weighted by Crippen LogP contribution is 2.44. The number of esters is 1. The third-order valence-electron chi connectivity index (χ3n) is 4.08. The molecule has 2 saturated heterocycles. The summed E-state index contributed by atoms with van der Waals surface area (Å²) in [6.45, 7) is 2.91. The lowest BCUT2D eigenvalue weighted by Crippen LogP contribution is -2.53. The lowest BCUT2D eigenvalue weighted by Gasteiger charge is -2.31. The number of rotatable bonds is 4. The molecule has 0 spiro atoms. The fourth-order valence-corrected chi connectivity index (χ4v) is 2.99. The number of benzene rings is 1. The van der Waals surface area contributed by atoms with Crippen molar-refractivity contribution in [2.45, 2.75) is 43.7 Å². The summed E-state index contributed by atoms with van der Waals surface area (Å²) in [6.07, 6.45) is -4.30. The van der Waals surface area contributed by atoms with Gasteiger partial charge >= 0.3 is 12.1 Å². The van der Waals surface area contributed by atoms with Crippen molar-refractivity contribution in [3.63, 3.8) is 0 Å². The van der Waals surface area contributed by atoms with E-state index in [1.165, 1.54) is 0 Å². The number of primary amides is 1. The van der Waals surface area contributed by atoms with Crippen molar-refractivity contribution in [3.8, 4) is 6.07 Å². The first-order valence-electron chi connectivity index (χ1n) is 7.90.